The van der Waals surface area contributed by atoms with Crippen LogP contribution in [0.3, 0.4) is 0 Å². The number of amides is 1. The van der Waals surface area contributed by atoms with Gasteiger partial charge in [-0.25, -0.2) is 27.9 Å². The van der Waals surface area contributed by atoms with Crippen LogP contribution in [-0.2, 0) is 32.6 Å². The number of nitrogens with zero attached hydrogens (tertiary/aromatic N) is 6. The molecule has 1 amide bonds. The number of carbonyl (C=O) groups excluding carboxylic acids is 2. The van der Waals surface area contributed by atoms with Crippen LogP contribution in [0, 0.1) is 19.3 Å². The number of anilines is 1. The van der Waals surface area contributed by atoms with Crippen molar-refractivity contribution in [2.24, 2.45) is 5.41 Å². The van der Waals surface area contributed by atoms with Crippen molar-refractivity contribution in [3.05, 3.63) is 101 Å². The Morgan fingerprint density at radius 3 is 2.47 bits per heavy atom. The van der Waals surface area contributed by atoms with Gasteiger partial charge in [-0.1, -0.05) is 62.4 Å². The second-order valence-electron chi connectivity index (χ2n) is 13.8. The molecule has 6 rings (SSSR count). The van der Waals surface area contributed by atoms with Gasteiger partial charge in [0.05, 0.1) is 42.2 Å². The number of ether oxygens (including phenoxy) is 2. The summed E-state index contributed by atoms with van der Waals surface area (Å²) in [5, 5.41) is 11.8. The molecule has 0 spiro atoms. The Hall–Kier alpha value is -5.21. The molecule has 53 heavy (non-hydrogen) atoms. The molecule has 0 bridgehead atoms. The molecule has 0 saturated carbocycles. The van der Waals surface area contributed by atoms with E-state index in [0.717, 1.165) is 38.9 Å². The first kappa shape index (κ1) is 37.5. The number of benzene rings is 3. The summed E-state index contributed by atoms with van der Waals surface area (Å²) in [6.45, 7) is 14.5. The van der Waals surface area contributed by atoms with E-state index in [-0.39, 0.29) is 42.4 Å². The fraction of sp³-hybridized carbons (Fsp3) is 0.385. The van der Waals surface area contributed by atoms with E-state index in [0.29, 0.717) is 24.4 Å². The second kappa shape index (κ2) is 15.0. The maximum absolute atomic E-state index is 14.4. The van der Waals surface area contributed by atoms with E-state index in [9.17, 15) is 18.0 Å². The smallest absolute Gasteiger partial charge is 0.376 e. The molecule has 3 heterocycles. The Morgan fingerprint density at radius 2 is 1.77 bits per heavy atom. The maximum atomic E-state index is 14.4. The molecule has 5 aromatic rings. The molecular weight excluding hydrogens is 695 g/mol. The van der Waals surface area contributed by atoms with Crippen LogP contribution in [-0.4, -0.2) is 68.8 Å². The fourth-order valence-electron chi connectivity index (χ4n) is 6.87. The number of esters is 1. The van der Waals surface area contributed by atoms with Gasteiger partial charge in [0.1, 0.15) is 22.3 Å². The van der Waals surface area contributed by atoms with E-state index < -0.39 is 27.3 Å². The molecule has 1 aliphatic heterocycles. The molecule has 14 heteroatoms. The normalized spacial score (nSPS) is 16.3. The molecule has 0 aliphatic carbocycles. The maximum Gasteiger partial charge on any atom is 0.376 e. The quantitative estimate of drug-likeness (QED) is 0.155. The molecule has 2 atom stereocenters. The minimum Gasteiger partial charge on any atom is -0.488 e. The molecule has 0 fully saturated rings. The Balaban J connectivity index is 1.42. The number of hydrogen-bond donors (Lipinski definition) is 1. The lowest BCUT2D eigenvalue weighted by atomic mass is 9.69. The molecule has 1 N–H and O–H groups in total. The van der Waals surface area contributed by atoms with E-state index in [1.807, 2.05) is 76.6 Å². The van der Waals surface area contributed by atoms with Gasteiger partial charge in [0.25, 0.3) is 0 Å². The summed E-state index contributed by atoms with van der Waals surface area (Å²) in [6, 6.07) is 16.7. The average molecular weight is 740 g/mol. The number of nitrogens with one attached hydrogen (secondary N) is 1. The first-order valence-electron chi connectivity index (χ1n) is 17.8. The molecule has 0 unspecified atom stereocenters. The van der Waals surface area contributed by atoms with E-state index in [1.165, 1.54) is 16.7 Å². The van der Waals surface area contributed by atoms with E-state index in [2.05, 4.69) is 25.6 Å². The number of hydrogen-bond acceptors (Lipinski definition) is 10. The predicted octanol–water partition coefficient (Wildman–Crippen LogP) is 6.19. The molecule has 3 aromatic carbocycles. The second-order valence-corrected chi connectivity index (χ2v) is 15.7. The number of aryl methyl sites for hydroxylation is 3. The average Bonchev–Trinajstić information content (AvgIpc) is 3.53. The van der Waals surface area contributed by atoms with Gasteiger partial charge in [-0.15, -0.1) is 5.10 Å². The zero-order chi connectivity index (χ0) is 38.1. The zero-order valence-electron chi connectivity index (χ0n) is 31.1. The third kappa shape index (κ3) is 7.25. The van der Waals surface area contributed by atoms with Crippen LogP contribution in [0.25, 0.3) is 11.0 Å². The number of para-hydroxylation sites is 1. The Kier molecular flexibility index (Phi) is 10.6. The SMILES string of the molecule is CCOC(=O)c1ncc(NC(=O)C(C)(C)[C@@H](c2ccc(C)c(CN3C[C@@H](CC)Oc4ccccc4S3(=O)=O)c2)c2ccc3c(nnn3CC)c2C)cn1. The van der Waals surface area contributed by atoms with Crippen molar-refractivity contribution < 1.29 is 27.5 Å². The topological polar surface area (TPSA) is 158 Å². The van der Waals surface area contributed by atoms with Crippen molar-refractivity contribution in [1.29, 1.82) is 0 Å². The van der Waals surface area contributed by atoms with Crippen LogP contribution in [0.2, 0.25) is 0 Å². The molecule has 278 valence electrons. The Morgan fingerprint density at radius 1 is 1.04 bits per heavy atom. The summed E-state index contributed by atoms with van der Waals surface area (Å²) in [5.74, 6) is -1.24. The van der Waals surface area contributed by atoms with Crippen molar-refractivity contribution in [1.82, 2.24) is 29.3 Å². The minimum absolute atomic E-state index is 0.107. The molecule has 13 nitrogen and oxygen atoms in total. The molecule has 2 aromatic heterocycles. The Bertz CT molecular complexity index is 2270. The highest BCUT2D eigenvalue weighted by Crippen LogP contribution is 2.45. The van der Waals surface area contributed by atoms with E-state index in [1.54, 1.807) is 31.2 Å². The predicted molar refractivity (Wildman–Crippen MR) is 200 cm³/mol. The summed E-state index contributed by atoms with van der Waals surface area (Å²) >= 11 is 0. The zero-order valence-corrected chi connectivity index (χ0v) is 31.9. The van der Waals surface area contributed by atoms with Gasteiger partial charge in [0.2, 0.25) is 21.8 Å². The summed E-state index contributed by atoms with van der Waals surface area (Å²) in [5.41, 5.74) is 5.14. The van der Waals surface area contributed by atoms with E-state index in [4.69, 9.17) is 9.47 Å². The minimum atomic E-state index is -3.90. The largest absolute Gasteiger partial charge is 0.488 e. The number of sulfonamides is 1. The third-order valence-electron chi connectivity index (χ3n) is 9.94. The van der Waals surface area contributed by atoms with Crippen molar-refractivity contribution in [3.8, 4) is 5.75 Å². The van der Waals surface area contributed by atoms with Gasteiger partial charge in [-0.05, 0) is 80.1 Å². The lowest BCUT2D eigenvalue weighted by molar-refractivity contribution is -0.124. The van der Waals surface area contributed by atoms with Gasteiger partial charge in [0.15, 0.2) is 0 Å². The highest BCUT2D eigenvalue weighted by molar-refractivity contribution is 7.89. The molecule has 0 radical (unpaired) electrons. The first-order valence-corrected chi connectivity index (χ1v) is 19.2. The molecule has 0 saturated heterocycles. The number of aromatic nitrogens is 5. The number of carbonyl (C=O) groups is 2. The lowest BCUT2D eigenvalue weighted by Crippen LogP contribution is -2.38. The van der Waals surface area contributed by atoms with Crippen molar-refractivity contribution in [2.45, 2.75) is 84.9 Å². The van der Waals surface area contributed by atoms with Crippen LogP contribution in [0.4, 0.5) is 5.69 Å². The van der Waals surface area contributed by atoms with Crippen molar-refractivity contribution >= 4 is 38.6 Å². The van der Waals surface area contributed by atoms with Crippen molar-refractivity contribution in [2.75, 3.05) is 18.5 Å². The van der Waals surface area contributed by atoms with Crippen LogP contribution >= 0.6 is 0 Å². The van der Waals surface area contributed by atoms with Gasteiger partial charge in [-0.2, -0.15) is 4.31 Å². The monoisotopic (exact) mass is 739 g/mol. The van der Waals surface area contributed by atoms with Crippen LogP contribution in [0.5, 0.6) is 5.75 Å². The summed E-state index contributed by atoms with van der Waals surface area (Å²) in [4.78, 5) is 34.8. The van der Waals surface area contributed by atoms with Gasteiger partial charge in [-0.3, -0.25) is 4.79 Å². The number of rotatable bonds is 11. The highest BCUT2D eigenvalue weighted by Gasteiger charge is 2.41. The summed E-state index contributed by atoms with van der Waals surface area (Å²) in [6.07, 6.45) is 3.05. The van der Waals surface area contributed by atoms with E-state index >= 15 is 0 Å². The number of fused-ring (bicyclic) bond motifs is 2. The van der Waals surface area contributed by atoms with Gasteiger partial charge < -0.3 is 14.8 Å². The summed E-state index contributed by atoms with van der Waals surface area (Å²) < 4.78 is 42.7. The standard InChI is InChI=1S/C39H45N7O6S/c1-8-29-23-45(53(49,50)33-14-12-11-13-32(33)52-29)22-27-19-26(16-15-24(27)4)34(30-17-18-31-35(25(30)5)43-44-46(31)9-2)39(6,7)38(48)42-28-20-40-36(41-21-28)37(47)51-10-3/h11-21,29,34H,8-10,22-23H2,1-7H3,(H,42,48)/t29-,34+/m1/s1. The molecule has 1 aliphatic rings. The lowest BCUT2D eigenvalue weighted by Gasteiger charge is -2.35. The van der Waals surface area contributed by atoms with Crippen molar-refractivity contribution in [3.63, 3.8) is 0 Å². The van der Waals surface area contributed by atoms with Gasteiger partial charge >= 0.3 is 5.97 Å². The van der Waals surface area contributed by atoms with Crippen LogP contribution < -0.4 is 10.1 Å². The Labute approximate surface area is 309 Å². The highest BCUT2D eigenvalue weighted by atomic mass is 32.2. The van der Waals surface area contributed by atoms with Gasteiger partial charge in [0, 0.05) is 19.0 Å². The summed E-state index contributed by atoms with van der Waals surface area (Å²) in [7, 11) is -3.90. The van der Waals surface area contributed by atoms with Crippen LogP contribution in [0.1, 0.15) is 85.4 Å². The fourth-order valence-corrected chi connectivity index (χ4v) is 8.44. The third-order valence-corrected chi connectivity index (χ3v) is 11.8. The molecular formula is C39H45N7O6S. The van der Waals surface area contributed by atoms with Crippen LogP contribution in [0.15, 0.2) is 71.9 Å². The first-order chi connectivity index (χ1) is 25.3.